The van der Waals surface area contributed by atoms with E-state index < -0.39 is 0 Å². The fraction of sp³-hybridized carbons (Fsp3) is 0.933. The van der Waals surface area contributed by atoms with Gasteiger partial charge < -0.3 is 10.6 Å². The number of hydrogen-bond acceptors (Lipinski definition) is 2. The van der Waals surface area contributed by atoms with Crippen molar-refractivity contribution in [2.24, 2.45) is 23.0 Å². The Kier molecular flexibility index (Phi) is 4.31. The summed E-state index contributed by atoms with van der Waals surface area (Å²) in [4.78, 5) is 14.8. The lowest BCUT2D eigenvalue weighted by Gasteiger charge is -2.42. The predicted molar refractivity (Wildman–Crippen MR) is 74.1 cm³/mol. The van der Waals surface area contributed by atoms with Gasteiger partial charge in [-0.2, -0.15) is 0 Å². The highest BCUT2D eigenvalue weighted by Gasteiger charge is 2.39. The van der Waals surface area contributed by atoms with E-state index in [4.69, 9.17) is 5.73 Å². The van der Waals surface area contributed by atoms with E-state index in [2.05, 4.69) is 18.7 Å². The van der Waals surface area contributed by atoms with Crippen LogP contribution in [0.2, 0.25) is 0 Å². The van der Waals surface area contributed by atoms with Crippen LogP contribution in [0.3, 0.4) is 0 Å². The fourth-order valence-electron chi connectivity index (χ4n) is 3.56. The third-order valence-electron chi connectivity index (χ3n) is 5.06. The monoisotopic (exact) mass is 252 g/mol. The van der Waals surface area contributed by atoms with Crippen molar-refractivity contribution in [2.45, 2.75) is 52.4 Å². The van der Waals surface area contributed by atoms with Gasteiger partial charge in [0, 0.05) is 19.0 Å². The largest absolute Gasteiger partial charge is 0.342 e. The molecule has 1 atom stereocenters. The van der Waals surface area contributed by atoms with Gasteiger partial charge in [0.25, 0.3) is 0 Å². The molecule has 0 radical (unpaired) electrons. The second-order valence-corrected chi connectivity index (χ2v) is 6.79. The van der Waals surface area contributed by atoms with E-state index in [1.54, 1.807) is 0 Å². The lowest BCUT2D eigenvalue weighted by Crippen LogP contribution is -2.47. The second-order valence-electron chi connectivity index (χ2n) is 6.79. The Hall–Kier alpha value is -0.570. The van der Waals surface area contributed by atoms with E-state index in [1.807, 2.05) is 0 Å². The maximum atomic E-state index is 12.7. The van der Waals surface area contributed by atoms with E-state index in [1.165, 1.54) is 19.3 Å². The summed E-state index contributed by atoms with van der Waals surface area (Å²) in [6.07, 6.45) is 6.97. The van der Waals surface area contributed by atoms with Crippen LogP contribution in [0.15, 0.2) is 0 Å². The number of piperidine rings is 1. The molecular formula is C15H28N2O. The summed E-state index contributed by atoms with van der Waals surface area (Å²) < 4.78 is 0. The topological polar surface area (TPSA) is 46.3 Å². The number of nitrogens with zero attached hydrogens (tertiary/aromatic N) is 1. The van der Waals surface area contributed by atoms with Gasteiger partial charge in [-0.3, -0.25) is 4.79 Å². The number of nitrogens with two attached hydrogens (primary N) is 1. The molecule has 1 saturated carbocycles. The molecule has 0 aromatic heterocycles. The third-order valence-corrected chi connectivity index (χ3v) is 5.06. The van der Waals surface area contributed by atoms with Crippen molar-refractivity contribution in [3.63, 3.8) is 0 Å². The molecule has 2 rings (SSSR count). The molecule has 3 heteroatoms. The molecule has 18 heavy (non-hydrogen) atoms. The van der Waals surface area contributed by atoms with E-state index in [0.29, 0.717) is 11.8 Å². The first kappa shape index (κ1) is 13.9. The van der Waals surface area contributed by atoms with Crippen LogP contribution in [0.5, 0.6) is 0 Å². The van der Waals surface area contributed by atoms with E-state index in [0.717, 1.165) is 38.9 Å². The molecule has 1 saturated heterocycles. The molecule has 1 aliphatic heterocycles. The summed E-state index contributed by atoms with van der Waals surface area (Å²) in [6, 6.07) is 0. The zero-order valence-corrected chi connectivity index (χ0v) is 12.0. The number of amides is 1. The van der Waals surface area contributed by atoms with Crippen molar-refractivity contribution in [1.82, 2.24) is 4.90 Å². The Bertz CT molecular complexity index is 293. The van der Waals surface area contributed by atoms with Crippen molar-refractivity contribution in [1.29, 1.82) is 0 Å². The normalized spacial score (nSPS) is 29.3. The molecule has 1 unspecified atom stereocenters. The lowest BCUT2D eigenvalue weighted by molar-refractivity contribution is -0.142. The van der Waals surface area contributed by atoms with Crippen LogP contribution in [0, 0.1) is 17.3 Å². The van der Waals surface area contributed by atoms with Gasteiger partial charge in [-0.1, -0.05) is 26.7 Å². The van der Waals surface area contributed by atoms with Crippen LogP contribution in [-0.2, 0) is 4.79 Å². The molecule has 0 bridgehead atoms. The molecule has 0 aromatic carbocycles. The minimum Gasteiger partial charge on any atom is -0.342 e. The molecule has 1 aliphatic carbocycles. The van der Waals surface area contributed by atoms with Crippen molar-refractivity contribution in [2.75, 3.05) is 19.6 Å². The summed E-state index contributed by atoms with van der Waals surface area (Å²) in [5, 5.41) is 0. The second kappa shape index (κ2) is 5.60. The lowest BCUT2D eigenvalue weighted by atomic mass is 9.68. The average molecular weight is 252 g/mol. The van der Waals surface area contributed by atoms with Crippen LogP contribution in [-0.4, -0.2) is 30.4 Å². The van der Waals surface area contributed by atoms with Crippen molar-refractivity contribution in [3.8, 4) is 0 Å². The zero-order chi connectivity index (χ0) is 13.2. The Morgan fingerprint density at radius 2 is 1.89 bits per heavy atom. The highest BCUT2D eigenvalue weighted by Crippen LogP contribution is 2.41. The predicted octanol–water partition coefficient (Wildman–Crippen LogP) is 2.40. The van der Waals surface area contributed by atoms with Gasteiger partial charge >= 0.3 is 0 Å². The first-order valence-electron chi connectivity index (χ1n) is 7.53. The van der Waals surface area contributed by atoms with Crippen LogP contribution >= 0.6 is 0 Å². The number of carbonyl (C=O) groups excluding carboxylic acids is 1. The molecule has 0 aromatic rings. The molecule has 2 aliphatic rings. The van der Waals surface area contributed by atoms with Gasteiger partial charge in [-0.25, -0.2) is 0 Å². The summed E-state index contributed by atoms with van der Waals surface area (Å²) >= 11 is 0. The van der Waals surface area contributed by atoms with Gasteiger partial charge in [0.05, 0.1) is 0 Å². The van der Waals surface area contributed by atoms with Crippen LogP contribution in [0.1, 0.15) is 52.4 Å². The maximum Gasteiger partial charge on any atom is 0.226 e. The number of hydrogen-bond donors (Lipinski definition) is 1. The Morgan fingerprint density at radius 3 is 2.44 bits per heavy atom. The van der Waals surface area contributed by atoms with Crippen LogP contribution in [0.4, 0.5) is 0 Å². The standard InChI is InChI=1S/C15H28N2O/c1-15(2)8-4-3-5-13(15)14(18)17-9-6-12(11-16)7-10-17/h12-13H,3-11,16H2,1-2H3. The fourth-order valence-corrected chi connectivity index (χ4v) is 3.56. The van der Waals surface area contributed by atoms with Gasteiger partial charge in [0.1, 0.15) is 0 Å². The molecular weight excluding hydrogens is 224 g/mol. The van der Waals surface area contributed by atoms with Crippen molar-refractivity contribution in [3.05, 3.63) is 0 Å². The van der Waals surface area contributed by atoms with E-state index >= 15 is 0 Å². The Labute approximate surface area is 111 Å². The quantitative estimate of drug-likeness (QED) is 0.820. The highest BCUT2D eigenvalue weighted by atomic mass is 16.2. The molecule has 1 heterocycles. The van der Waals surface area contributed by atoms with Gasteiger partial charge in [0.15, 0.2) is 0 Å². The Morgan fingerprint density at radius 1 is 1.22 bits per heavy atom. The summed E-state index contributed by atoms with van der Waals surface area (Å²) in [7, 11) is 0. The van der Waals surface area contributed by atoms with Crippen molar-refractivity contribution >= 4 is 5.91 Å². The van der Waals surface area contributed by atoms with Gasteiger partial charge in [0.2, 0.25) is 5.91 Å². The molecule has 1 amide bonds. The summed E-state index contributed by atoms with van der Waals surface area (Å²) in [5.41, 5.74) is 5.90. The molecule has 2 fully saturated rings. The molecule has 104 valence electrons. The Balaban J connectivity index is 1.95. The van der Waals surface area contributed by atoms with Crippen LogP contribution < -0.4 is 5.73 Å². The van der Waals surface area contributed by atoms with E-state index in [-0.39, 0.29) is 11.3 Å². The maximum absolute atomic E-state index is 12.7. The first-order valence-corrected chi connectivity index (χ1v) is 7.53. The minimum absolute atomic E-state index is 0.194. The smallest absolute Gasteiger partial charge is 0.226 e. The number of carbonyl (C=O) groups is 1. The average Bonchev–Trinajstić information content (AvgIpc) is 2.37. The minimum atomic E-state index is 0.194. The molecule has 3 nitrogen and oxygen atoms in total. The van der Waals surface area contributed by atoms with Crippen molar-refractivity contribution < 1.29 is 4.79 Å². The molecule has 2 N–H and O–H groups in total. The van der Waals surface area contributed by atoms with Gasteiger partial charge in [-0.15, -0.1) is 0 Å². The van der Waals surface area contributed by atoms with E-state index in [9.17, 15) is 4.79 Å². The van der Waals surface area contributed by atoms with Gasteiger partial charge in [-0.05, 0) is 43.6 Å². The number of likely N-dealkylation sites (tertiary alicyclic amines) is 1. The third kappa shape index (κ3) is 2.87. The summed E-state index contributed by atoms with van der Waals surface area (Å²) in [5.74, 6) is 1.30. The summed E-state index contributed by atoms with van der Waals surface area (Å²) in [6.45, 7) is 7.15. The number of rotatable bonds is 2. The highest BCUT2D eigenvalue weighted by molar-refractivity contribution is 5.79. The van der Waals surface area contributed by atoms with Crippen LogP contribution in [0.25, 0.3) is 0 Å². The molecule has 0 spiro atoms. The first-order chi connectivity index (χ1) is 8.54. The zero-order valence-electron chi connectivity index (χ0n) is 12.0. The SMILES string of the molecule is CC1(C)CCCCC1C(=O)N1CCC(CN)CC1.